The van der Waals surface area contributed by atoms with Gasteiger partial charge in [-0.1, -0.05) is 6.92 Å². The number of rotatable bonds is 4. The smallest absolute Gasteiger partial charge is 0.239 e. The standard InChI is InChI=1S/C14H27N3O2/c1-9(2)16-13(18)8-17(4)14(19)11-7-10(3)5-6-12(11)15/h9-12H,5-8,15H2,1-4H3,(H,16,18). The number of amides is 2. The van der Waals surface area contributed by atoms with Crippen LogP contribution in [0.3, 0.4) is 0 Å². The molecule has 0 aliphatic heterocycles. The predicted molar refractivity (Wildman–Crippen MR) is 75.4 cm³/mol. The first-order valence-electron chi connectivity index (χ1n) is 7.11. The highest BCUT2D eigenvalue weighted by Crippen LogP contribution is 2.29. The van der Waals surface area contributed by atoms with Gasteiger partial charge in [0.05, 0.1) is 12.5 Å². The van der Waals surface area contributed by atoms with E-state index in [1.165, 1.54) is 4.90 Å². The fraction of sp³-hybridized carbons (Fsp3) is 0.857. The molecule has 0 heterocycles. The molecule has 110 valence electrons. The van der Waals surface area contributed by atoms with Gasteiger partial charge in [0, 0.05) is 19.1 Å². The molecule has 5 heteroatoms. The van der Waals surface area contributed by atoms with E-state index in [0.29, 0.717) is 5.92 Å². The van der Waals surface area contributed by atoms with Crippen LogP contribution >= 0.6 is 0 Å². The molecule has 1 rings (SSSR count). The number of nitrogens with zero attached hydrogens (tertiary/aromatic N) is 1. The largest absolute Gasteiger partial charge is 0.352 e. The van der Waals surface area contributed by atoms with Crippen LogP contribution in [0.5, 0.6) is 0 Å². The molecular weight excluding hydrogens is 242 g/mol. The Hall–Kier alpha value is -1.10. The predicted octanol–water partition coefficient (Wildman–Crippen LogP) is 0.733. The van der Waals surface area contributed by atoms with E-state index < -0.39 is 0 Å². The van der Waals surface area contributed by atoms with Crippen molar-refractivity contribution >= 4 is 11.8 Å². The maximum atomic E-state index is 12.3. The number of carbonyl (C=O) groups excluding carboxylic acids is 2. The second-order valence-electron chi connectivity index (χ2n) is 6.11. The molecule has 0 bridgehead atoms. The molecule has 0 radical (unpaired) electrons. The molecule has 0 aromatic carbocycles. The number of nitrogens with two attached hydrogens (primary N) is 1. The molecule has 0 spiro atoms. The minimum absolute atomic E-state index is 0.00189. The number of nitrogens with one attached hydrogen (secondary N) is 1. The number of carbonyl (C=O) groups is 2. The SMILES string of the molecule is CC1CCC(N)C(C(=O)N(C)CC(=O)NC(C)C)C1. The van der Waals surface area contributed by atoms with E-state index in [2.05, 4.69) is 12.2 Å². The van der Waals surface area contributed by atoms with Crippen LogP contribution < -0.4 is 11.1 Å². The van der Waals surface area contributed by atoms with Gasteiger partial charge < -0.3 is 16.0 Å². The summed E-state index contributed by atoms with van der Waals surface area (Å²) in [5.41, 5.74) is 6.04. The minimum atomic E-state index is -0.138. The summed E-state index contributed by atoms with van der Waals surface area (Å²) in [6.45, 7) is 6.06. The zero-order valence-corrected chi connectivity index (χ0v) is 12.5. The third-order valence-electron chi connectivity index (χ3n) is 3.69. The summed E-state index contributed by atoms with van der Waals surface area (Å²) in [4.78, 5) is 25.5. The van der Waals surface area contributed by atoms with Crippen molar-refractivity contribution in [3.05, 3.63) is 0 Å². The Bertz CT molecular complexity index is 331. The lowest BCUT2D eigenvalue weighted by Gasteiger charge is -2.34. The molecule has 2 amide bonds. The highest BCUT2D eigenvalue weighted by molar-refractivity contribution is 5.86. The lowest BCUT2D eigenvalue weighted by molar-refractivity contribution is -0.139. The average Bonchev–Trinajstić information content (AvgIpc) is 2.30. The molecule has 1 fully saturated rings. The van der Waals surface area contributed by atoms with Crippen molar-refractivity contribution in [2.75, 3.05) is 13.6 Å². The van der Waals surface area contributed by atoms with Gasteiger partial charge in [-0.3, -0.25) is 9.59 Å². The number of likely N-dealkylation sites (N-methyl/N-ethyl adjacent to an activating group) is 1. The van der Waals surface area contributed by atoms with Gasteiger partial charge in [-0.15, -0.1) is 0 Å². The van der Waals surface area contributed by atoms with Crippen molar-refractivity contribution in [2.24, 2.45) is 17.6 Å². The first kappa shape index (κ1) is 16.0. The van der Waals surface area contributed by atoms with E-state index >= 15 is 0 Å². The average molecular weight is 269 g/mol. The Kier molecular flexibility index (Phi) is 5.79. The third kappa shape index (κ3) is 4.82. The van der Waals surface area contributed by atoms with Crippen LogP contribution in [0.25, 0.3) is 0 Å². The summed E-state index contributed by atoms with van der Waals surface area (Å²) in [6.07, 6.45) is 2.81. The van der Waals surface area contributed by atoms with Crippen LogP contribution in [-0.2, 0) is 9.59 Å². The zero-order chi connectivity index (χ0) is 14.6. The quantitative estimate of drug-likeness (QED) is 0.790. The molecule has 3 N–H and O–H groups in total. The van der Waals surface area contributed by atoms with E-state index in [1.54, 1.807) is 7.05 Å². The van der Waals surface area contributed by atoms with Crippen molar-refractivity contribution in [1.82, 2.24) is 10.2 Å². The second kappa shape index (κ2) is 6.89. The van der Waals surface area contributed by atoms with Crippen molar-refractivity contribution in [1.29, 1.82) is 0 Å². The first-order valence-corrected chi connectivity index (χ1v) is 7.11. The summed E-state index contributed by atoms with van der Waals surface area (Å²) < 4.78 is 0. The highest BCUT2D eigenvalue weighted by Gasteiger charge is 2.33. The molecule has 0 saturated heterocycles. The summed E-state index contributed by atoms with van der Waals surface area (Å²) in [6, 6.07) is 0.0206. The maximum absolute atomic E-state index is 12.3. The summed E-state index contributed by atoms with van der Waals surface area (Å²) >= 11 is 0. The Morgan fingerprint density at radius 2 is 2.00 bits per heavy atom. The van der Waals surface area contributed by atoms with Crippen molar-refractivity contribution in [3.63, 3.8) is 0 Å². The fourth-order valence-electron chi connectivity index (χ4n) is 2.63. The van der Waals surface area contributed by atoms with E-state index in [4.69, 9.17) is 5.73 Å². The molecule has 0 aromatic heterocycles. The van der Waals surface area contributed by atoms with Crippen molar-refractivity contribution in [2.45, 2.75) is 52.1 Å². The minimum Gasteiger partial charge on any atom is -0.352 e. The molecule has 3 atom stereocenters. The van der Waals surface area contributed by atoms with Crippen molar-refractivity contribution in [3.8, 4) is 0 Å². The fourth-order valence-corrected chi connectivity index (χ4v) is 2.63. The van der Waals surface area contributed by atoms with Crippen molar-refractivity contribution < 1.29 is 9.59 Å². The number of hydrogen-bond donors (Lipinski definition) is 2. The van der Waals surface area contributed by atoms with Gasteiger partial charge in [0.1, 0.15) is 0 Å². The summed E-state index contributed by atoms with van der Waals surface area (Å²) in [5.74, 6) is 0.272. The topological polar surface area (TPSA) is 75.4 Å². The summed E-state index contributed by atoms with van der Waals surface area (Å²) in [5, 5.41) is 2.79. The zero-order valence-electron chi connectivity index (χ0n) is 12.5. The Labute approximate surface area is 115 Å². The Morgan fingerprint density at radius 1 is 1.37 bits per heavy atom. The van der Waals surface area contributed by atoms with Gasteiger partial charge >= 0.3 is 0 Å². The molecule has 1 saturated carbocycles. The molecule has 0 aromatic rings. The van der Waals surface area contributed by atoms with Gasteiger partial charge in [0.25, 0.3) is 0 Å². The lowest BCUT2D eigenvalue weighted by Crippen LogP contribution is -2.48. The van der Waals surface area contributed by atoms with Crippen LogP contribution in [-0.4, -0.2) is 42.4 Å². The van der Waals surface area contributed by atoms with Gasteiger partial charge in [0.2, 0.25) is 11.8 Å². The Morgan fingerprint density at radius 3 is 2.58 bits per heavy atom. The van der Waals surface area contributed by atoms with Gasteiger partial charge in [-0.2, -0.15) is 0 Å². The third-order valence-corrected chi connectivity index (χ3v) is 3.69. The van der Waals surface area contributed by atoms with Gasteiger partial charge in [0.15, 0.2) is 0 Å². The van der Waals surface area contributed by atoms with Crippen LogP contribution in [0.1, 0.15) is 40.0 Å². The van der Waals surface area contributed by atoms with E-state index in [0.717, 1.165) is 19.3 Å². The summed E-state index contributed by atoms with van der Waals surface area (Å²) in [7, 11) is 1.67. The maximum Gasteiger partial charge on any atom is 0.239 e. The number of hydrogen-bond acceptors (Lipinski definition) is 3. The Balaban J connectivity index is 2.53. The van der Waals surface area contributed by atoms with Crippen LogP contribution in [0.2, 0.25) is 0 Å². The second-order valence-corrected chi connectivity index (χ2v) is 6.11. The molecule has 19 heavy (non-hydrogen) atoms. The first-order chi connectivity index (χ1) is 8.81. The highest BCUT2D eigenvalue weighted by atomic mass is 16.2. The van der Waals surface area contributed by atoms with Crippen LogP contribution in [0.4, 0.5) is 0 Å². The molecule has 1 aliphatic carbocycles. The van der Waals surface area contributed by atoms with E-state index in [-0.39, 0.29) is 36.4 Å². The van der Waals surface area contributed by atoms with Crippen LogP contribution in [0, 0.1) is 11.8 Å². The van der Waals surface area contributed by atoms with Gasteiger partial charge in [-0.25, -0.2) is 0 Å². The monoisotopic (exact) mass is 269 g/mol. The van der Waals surface area contributed by atoms with E-state index in [9.17, 15) is 9.59 Å². The lowest BCUT2D eigenvalue weighted by atomic mass is 9.78. The van der Waals surface area contributed by atoms with Gasteiger partial charge in [-0.05, 0) is 39.0 Å². The van der Waals surface area contributed by atoms with E-state index in [1.807, 2.05) is 13.8 Å². The van der Waals surface area contributed by atoms with Crippen LogP contribution in [0.15, 0.2) is 0 Å². The normalized spacial score (nSPS) is 27.2. The molecule has 5 nitrogen and oxygen atoms in total. The molecule has 3 unspecified atom stereocenters. The molecule has 1 aliphatic rings. The molecular formula is C14H27N3O2.